The number of hydrogen-bond donors (Lipinski definition) is 4. The third-order valence-corrected chi connectivity index (χ3v) is 19.9. The lowest BCUT2D eigenvalue weighted by molar-refractivity contribution is -0.148. The number of pyridine rings is 2. The van der Waals surface area contributed by atoms with E-state index in [9.17, 15) is 57.0 Å². The Balaban J connectivity index is 0.721. The van der Waals surface area contributed by atoms with Gasteiger partial charge in [-0.25, -0.2) is 27.6 Å². The summed E-state index contributed by atoms with van der Waals surface area (Å²) in [5.74, 6) is -4.23. The van der Waals surface area contributed by atoms with Crippen LogP contribution in [0.25, 0.3) is 0 Å². The molecular formula is C55H65N9O15S3. The van der Waals surface area contributed by atoms with Crippen molar-refractivity contribution >= 4 is 81.1 Å². The van der Waals surface area contributed by atoms with Crippen LogP contribution < -0.4 is 20.2 Å². The molecule has 8 rings (SSSR count). The molecule has 4 N–H and O–H groups in total. The molecule has 27 heteroatoms. The Hall–Kier alpha value is -7.49. The quantitative estimate of drug-likeness (QED) is 0.105. The van der Waals surface area contributed by atoms with Gasteiger partial charge in [-0.2, -0.15) is 11.8 Å². The van der Waals surface area contributed by atoms with Gasteiger partial charge in [0.2, 0.25) is 17.7 Å². The Labute approximate surface area is 482 Å². The highest BCUT2D eigenvalue weighted by Gasteiger charge is 2.53. The van der Waals surface area contributed by atoms with E-state index in [4.69, 9.17) is 14.3 Å². The molecular weight excluding hydrogens is 1120 g/mol. The van der Waals surface area contributed by atoms with Crippen molar-refractivity contribution in [2.45, 2.75) is 84.7 Å². The maximum Gasteiger partial charge on any atom is 0.415 e. The number of piperazine rings is 2. The normalized spacial score (nSPS) is 20.5. The predicted octanol–water partition coefficient (Wildman–Crippen LogP) is 3.00. The van der Waals surface area contributed by atoms with Gasteiger partial charge >= 0.3 is 24.1 Å². The number of amides is 6. The summed E-state index contributed by atoms with van der Waals surface area (Å²) >= 11 is 2.83. The van der Waals surface area contributed by atoms with Crippen molar-refractivity contribution in [3.8, 4) is 11.5 Å². The Kier molecular flexibility index (Phi) is 19.3. The molecule has 24 nitrogen and oxygen atoms in total. The zero-order valence-corrected chi connectivity index (χ0v) is 48.0. The summed E-state index contributed by atoms with van der Waals surface area (Å²) in [5.41, 5.74) is 1.79. The number of thioether (sulfide) groups is 2. The van der Waals surface area contributed by atoms with Crippen LogP contribution in [0.3, 0.4) is 0 Å². The zero-order valence-electron chi connectivity index (χ0n) is 45.6. The van der Waals surface area contributed by atoms with Gasteiger partial charge in [0.25, 0.3) is 5.91 Å². The Bertz CT molecular complexity index is 3090. The van der Waals surface area contributed by atoms with Gasteiger partial charge in [0.1, 0.15) is 23.9 Å². The summed E-state index contributed by atoms with van der Waals surface area (Å²) in [6.07, 6.45) is 4.32. The molecule has 2 aromatic heterocycles. The summed E-state index contributed by atoms with van der Waals surface area (Å²) in [5, 5.41) is 25.8. The number of aromatic nitrogens is 2. The fraction of sp³-hybridized carbons (Fsp3) is 0.455. The number of nitrogens with zero attached hydrogens (tertiary/aromatic N) is 7. The molecule has 2 unspecified atom stereocenters. The standard InChI is InChI=1S/C55H65N9O15S3/c1-54(2)46(43(33-80-54)82(75,76)40-8-6-18-57-31-40)48(67)58-41(50(69)70)27-35-9-11-37(12-10-35)29-44(65)60-19-23-62(24-20-60)52(73)77-32-45(66)61-21-25-63(26-22-61)53(74)78-38-15-13-36(14-16-38)28-42(51(71)72)59-49(68)47-55(3,4)81-34-64(47)79-39-7-5-17-56-30-39/h5-18,30-31,41-43,46-47H,19-29,32-34H2,1-4H3,(H,58,67)(H,59,68)(H,69,70)(H,71,72)/t41-,42?,43?,46+,47+/m0/s1. The summed E-state index contributed by atoms with van der Waals surface area (Å²) in [7, 11) is -3.96. The average Bonchev–Trinajstić information content (AvgIpc) is 3.91. The molecule has 4 aliphatic heterocycles. The van der Waals surface area contributed by atoms with Gasteiger partial charge in [0.15, 0.2) is 22.2 Å². The van der Waals surface area contributed by atoms with E-state index in [1.54, 1.807) is 73.5 Å². The molecule has 6 amide bonds. The number of sulfone groups is 1. The molecule has 0 saturated carbocycles. The molecule has 6 heterocycles. The van der Waals surface area contributed by atoms with Crippen molar-refractivity contribution in [2.24, 2.45) is 5.92 Å². The first kappa shape index (κ1) is 60.6. The van der Waals surface area contributed by atoms with Gasteiger partial charge in [-0.1, -0.05) is 36.4 Å². The van der Waals surface area contributed by atoms with Crippen molar-refractivity contribution in [1.29, 1.82) is 0 Å². The first-order valence-electron chi connectivity index (χ1n) is 26.4. The summed E-state index contributed by atoms with van der Waals surface area (Å²) < 4.78 is 36.7. The van der Waals surface area contributed by atoms with Crippen LogP contribution in [-0.4, -0.2) is 204 Å². The van der Waals surface area contributed by atoms with Gasteiger partial charge in [-0.15, -0.1) is 16.8 Å². The van der Waals surface area contributed by atoms with Crippen LogP contribution in [0.1, 0.15) is 44.4 Å². The number of carbonyl (C=O) groups excluding carboxylic acids is 6. The van der Waals surface area contributed by atoms with Gasteiger partial charge in [0, 0.05) is 99.0 Å². The number of carboxylic acids is 2. The van der Waals surface area contributed by atoms with E-state index >= 15 is 0 Å². The molecule has 0 radical (unpaired) electrons. The van der Waals surface area contributed by atoms with Crippen molar-refractivity contribution in [3.05, 3.63) is 114 Å². The van der Waals surface area contributed by atoms with E-state index in [1.807, 2.05) is 13.8 Å². The molecule has 0 spiro atoms. The van der Waals surface area contributed by atoms with Crippen LogP contribution in [-0.2, 0) is 62.6 Å². The maximum absolute atomic E-state index is 13.7. The second-order valence-corrected chi connectivity index (χ2v) is 26.6. The third kappa shape index (κ3) is 14.9. The molecule has 438 valence electrons. The Morgan fingerprint density at radius 2 is 1.16 bits per heavy atom. The van der Waals surface area contributed by atoms with E-state index < -0.39 is 97.1 Å². The van der Waals surface area contributed by atoms with E-state index in [1.165, 1.54) is 86.1 Å². The summed E-state index contributed by atoms with van der Waals surface area (Å²) in [4.78, 5) is 124. The smallest absolute Gasteiger partial charge is 0.415 e. The molecule has 4 aromatic rings. The number of hydrogen-bond acceptors (Lipinski definition) is 18. The molecule has 4 saturated heterocycles. The minimum absolute atomic E-state index is 0.0128. The fourth-order valence-electron chi connectivity index (χ4n) is 10.1. The molecule has 0 aliphatic carbocycles. The summed E-state index contributed by atoms with van der Waals surface area (Å²) in [6.45, 7) is 8.15. The van der Waals surface area contributed by atoms with Gasteiger partial charge in [-0.3, -0.25) is 29.1 Å². The number of benzene rings is 2. The Morgan fingerprint density at radius 3 is 1.72 bits per heavy atom. The SMILES string of the molecule is CC1(C)SCC(S(=O)(=O)c2cccnc2)[C@@H]1C(=O)N[C@@H](Cc1ccc(CC(=O)N2CCN(C(=O)OCC(=O)N3CCN(C(=O)Oc4ccc(CC(NC(=O)[C@H]5N(Oc6cccnc6)CSC5(C)C)C(=O)O)cc4)CC3)CC2)cc1)C(=O)O. The van der Waals surface area contributed by atoms with E-state index in [-0.39, 0.29) is 93.9 Å². The molecule has 4 aliphatic rings. The van der Waals surface area contributed by atoms with Crippen LogP contribution in [0.4, 0.5) is 9.59 Å². The monoisotopic (exact) mass is 1190 g/mol. The largest absolute Gasteiger partial charge is 0.480 e. The lowest BCUT2D eigenvalue weighted by Gasteiger charge is -2.35. The van der Waals surface area contributed by atoms with E-state index in [0.29, 0.717) is 28.3 Å². The van der Waals surface area contributed by atoms with Gasteiger partial charge in [0.05, 0.1) is 34.6 Å². The zero-order chi connectivity index (χ0) is 58.9. The summed E-state index contributed by atoms with van der Waals surface area (Å²) in [6, 6.07) is 15.9. The van der Waals surface area contributed by atoms with Crippen LogP contribution in [0, 0.1) is 5.92 Å². The topological polar surface area (TPSA) is 305 Å². The minimum atomic E-state index is -3.96. The van der Waals surface area contributed by atoms with Gasteiger partial charge < -0.3 is 54.8 Å². The molecule has 5 atom stereocenters. The highest BCUT2D eigenvalue weighted by Crippen LogP contribution is 2.47. The van der Waals surface area contributed by atoms with Crippen molar-refractivity contribution in [3.63, 3.8) is 0 Å². The number of ether oxygens (including phenoxy) is 2. The van der Waals surface area contributed by atoms with Crippen LogP contribution in [0.15, 0.2) is 102 Å². The molecule has 0 bridgehead atoms. The van der Waals surface area contributed by atoms with Crippen LogP contribution in [0.5, 0.6) is 11.5 Å². The van der Waals surface area contributed by atoms with Crippen LogP contribution in [0.2, 0.25) is 0 Å². The fourth-order valence-corrected chi connectivity index (χ4v) is 15.0. The third-order valence-electron chi connectivity index (χ3n) is 14.7. The molecule has 82 heavy (non-hydrogen) atoms. The van der Waals surface area contributed by atoms with Crippen molar-refractivity contribution in [2.75, 3.05) is 70.6 Å². The second kappa shape index (κ2) is 26.2. The lowest BCUT2D eigenvalue weighted by Crippen LogP contribution is -2.56. The number of nitrogens with one attached hydrogen (secondary N) is 2. The van der Waals surface area contributed by atoms with E-state index in [2.05, 4.69) is 20.6 Å². The first-order chi connectivity index (χ1) is 39.0. The molecule has 4 fully saturated rings. The minimum Gasteiger partial charge on any atom is -0.480 e. The highest BCUT2D eigenvalue weighted by molar-refractivity contribution is 8.02. The van der Waals surface area contributed by atoms with Crippen molar-refractivity contribution < 1.29 is 71.3 Å². The van der Waals surface area contributed by atoms with E-state index in [0.717, 1.165) is 0 Å². The number of carbonyl (C=O) groups is 8. The number of carboxylic acid groups (broad SMARTS) is 2. The van der Waals surface area contributed by atoms with Gasteiger partial charge in [-0.05, 0) is 80.8 Å². The number of rotatable bonds is 19. The molecule has 2 aromatic carbocycles. The first-order valence-corrected chi connectivity index (χ1v) is 29.9. The maximum atomic E-state index is 13.7. The highest BCUT2D eigenvalue weighted by atomic mass is 32.2. The second-order valence-electron chi connectivity index (χ2n) is 21.1. The lowest BCUT2D eigenvalue weighted by atomic mass is 9.91. The average molecular weight is 1190 g/mol. The Morgan fingerprint density at radius 1 is 0.634 bits per heavy atom. The van der Waals surface area contributed by atoms with Crippen LogP contribution >= 0.6 is 23.5 Å². The number of aliphatic carboxylic acids is 2. The number of hydroxylamine groups is 2. The predicted molar refractivity (Wildman–Crippen MR) is 299 cm³/mol. The van der Waals surface area contributed by atoms with Crippen molar-refractivity contribution in [1.82, 2.24) is 45.3 Å².